The number of hydrogen-bond donors (Lipinski definition) is 3. The molecule has 3 rings (SSSR count). The number of rotatable bonds is 8. The largest absolute Gasteiger partial charge is 0.386 e. The van der Waals surface area contributed by atoms with Gasteiger partial charge < -0.3 is 20.5 Å². The molecule has 1 aromatic heterocycles. The van der Waals surface area contributed by atoms with E-state index in [4.69, 9.17) is 4.74 Å². The average Bonchev–Trinajstić information content (AvgIpc) is 3.33. The Morgan fingerprint density at radius 2 is 2.07 bits per heavy atom. The van der Waals surface area contributed by atoms with Crippen molar-refractivity contribution >= 4 is 51.4 Å². The lowest BCUT2D eigenvalue weighted by atomic mass is 10.2. The first-order valence-electron chi connectivity index (χ1n) is 9.49. The van der Waals surface area contributed by atoms with Crippen molar-refractivity contribution in [2.75, 3.05) is 26.7 Å². The van der Waals surface area contributed by atoms with Crippen LogP contribution in [-0.4, -0.2) is 43.9 Å². The summed E-state index contributed by atoms with van der Waals surface area (Å²) in [6.07, 6.45) is 5.93. The predicted octanol–water partition coefficient (Wildman–Crippen LogP) is 4.07. The van der Waals surface area contributed by atoms with Gasteiger partial charge in [-0.2, -0.15) is 0 Å². The maximum Gasteiger partial charge on any atom is 0.191 e. The highest BCUT2D eigenvalue weighted by Crippen LogP contribution is 2.29. The molecule has 1 aromatic carbocycles. The van der Waals surface area contributed by atoms with Crippen LogP contribution in [0.15, 0.2) is 35.3 Å². The first kappa shape index (κ1) is 22.4. The van der Waals surface area contributed by atoms with Gasteiger partial charge in [-0.15, -0.1) is 35.3 Å². The predicted molar refractivity (Wildman–Crippen MR) is 124 cm³/mol. The van der Waals surface area contributed by atoms with Crippen LogP contribution in [0.1, 0.15) is 43.1 Å². The molecule has 0 spiro atoms. The van der Waals surface area contributed by atoms with E-state index in [-0.39, 0.29) is 24.0 Å². The van der Waals surface area contributed by atoms with Gasteiger partial charge in [-0.05, 0) is 36.8 Å². The van der Waals surface area contributed by atoms with Gasteiger partial charge in [0.25, 0.3) is 0 Å². The van der Waals surface area contributed by atoms with Gasteiger partial charge in [0.05, 0.1) is 6.10 Å². The van der Waals surface area contributed by atoms with Gasteiger partial charge in [-0.25, -0.2) is 0 Å². The van der Waals surface area contributed by atoms with Crippen LogP contribution < -0.4 is 10.6 Å². The molecule has 0 amide bonds. The van der Waals surface area contributed by atoms with E-state index in [1.807, 2.05) is 12.1 Å². The number of aliphatic hydroxyl groups is 1. The van der Waals surface area contributed by atoms with E-state index in [0.717, 1.165) is 24.4 Å². The van der Waals surface area contributed by atoms with E-state index >= 15 is 0 Å². The Labute approximate surface area is 182 Å². The minimum atomic E-state index is -0.545. The van der Waals surface area contributed by atoms with E-state index in [1.54, 1.807) is 18.4 Å². The number of ether oxygens (including phenoxy) is 1. The zero-order valence-electron chi connectivity index (χ0n) is 15.8. The zero-order valence-corrected chi connectivity index (χ0v) is 19.0. The third kappa shape index (κ3) is 6.89. The van der Waals surface area contributed by atoms with Crippen molar-refractivity contribution in [3.8, 4) is 0 Å². The molecule has 3 N–H and O–H groups in total. The van der Waals surface area contributed by atoms with Gasteiger partial charge in [0.1, 0.15) is 6.10 Å². The van der Waals surface area contributed by atoms with Crippen LogP contribution in [0.5, 0.6) is 0 Å². The smallest absolute Gasteiger partial charge is 0.191 e. The summed E-state index contributed by atoms with van der Waals surface area (Å²) < 4.78 is 7.06. The van der Waals surface area contributed by atoms with Crippen LogP contribution in [0.2, 0.25) is 0 Å². The molecule has 1 unspecified atom stereocenters. The number of nitrogens with zero attached hydrogens (tertiary/aromatic N) is 1. The van der Waals surface area contributed by atoms with Gasteiger partial charge in [-0.3, -0.25) is 4.99 Å². The van der Waals surface area contributed by atoms with E-state index in [0.29, 0.717) is 18.6 Å². The summed E-state index contributed by atoms with van der Waals surface area (Å²) in [6.45, 7) is 2.04. The molecule has 1 fully saturated rings. The summed E-state index contributed by atoms with van der Waals surface area (Å²) in [5.41, 5.74) is 0. The van der Waals surface area contributed by atoms with Gasteiger partial charge in [0.15, 0.2) is 5.96 Å². The second kappa shape index (κ2) is 11.8. The van der Waals surface area contributed by atoms with Crippen molar-refractivity contribution in [3.05, 3.63) is 35.2 Å². The highest BCUT2D eigenvalue weighted by molar-refractivity contribution is 14.0. The fraction of sp³-hybridized carbons (Fsp3) is 0.550. The number of thiophene rings is 1. The van der Waals surface area contributed by atoms with Crippen molar-refractivity contribution < 1.29 is 9.84 Å². The molecule has 2 aromatic rings. The van der Waals surface area contributed by atoms with Gasteiger partial charge in [0.2, 0.25) is 0 Å². The van der Waals surface area contributed by atoms with Gasteiger partial charge in [0, 0.05) is 36.3 Å². The second-order valence-corrected chi connectivity index (χ2v) is 7.83. The number of fused-ring (bicyclic) bond motifs is 1. The Morgan fingerprint density at radius 1 is 1.30 bits per heavy atom. The summed E-state index contributed by atoms with van der Waals surface area (Å²) in [6, 6.07) is 10.3. The maximum absolute atomic E-state index is 10.4. The fourth-order valence-electron chi connectivity index (χ4n) is 3.27. The van der Waals surface area contributed by atoms with Crippen LogP contribution >= 0.6 is 35.3 Å². The standard InChI is InChI=1S/C20H29N3O2S.HI/c1-21-20(22-11-6-12-25-16-8-3-4-9-16)23-14-17(24)19-13-15-7-2-5-10-18(15)26-19;/h2,5,7,10,13,16-17,24H,3-4,6,8-9,11-12,14H2,1H3,(H2,21,22,23);1H. The number of aliphatic imine (C=N–C) groups is 1. The van der Waals surface area contributed by atoms with E-state index in [2.05, 4.69) is 33.8 Å². The number of guanidine groups is 1. The summed E-state index contributed by atoms with van der Waals surface area (Å²) in [5.74, 6) is 0.714. The van der Waals surface area contributed by atoms with Crippen molar-refractivity contribution in [1.29, 1.82) is 0 Å². The molecule has 1 atom stereocenters. The summed E-state index contributed by atoms with van der Waals surface area (Å²) in [4.78, 5) is 5.19. The van der Waals surface area contributed by atoms with Crippen LogP contribution in [0.3, 0.4) is 0 Å². The third-order valence-electron chi connectivity index (χ3n) is 4.73. The lowest BCUT2D eigenvalue weighted by molar-refractivity contribution is 0.0573. The van der Waals surface area contributed by atoms with Crippen LogP contribution in [0.25, 0.3) is 10.1 Å². The minimum absolute atomic E-state index is 0. The molecule has 1 aliphatic rings. The first-order valence-corrected chi connectivity index (χ1v) is 10.3. The van der Waals surface area contributed by atoms with E-state index < -0.39 is 6.10 Å². The Balaban J connectivity index is 0.00000261. The number of halogens is 1. The molecule has 1 aliphatic carbocycles. The SMILES string of the molecule is CN=C(NCCCOC1CCCC1)NCC(O)c1cc2ccccc2s1.I. The summed E-state index contributed by atoms with van der Waals surface area (Å²) in [5, 5.41) is 18.1. The maximum atomic E-state index is 10.4. The van der Waals surface area contributed by atoms with E-state index in [9.17, 15) is 5.11 Å². The van der Waals surface area contributed by atoms with Crippen molar-refractivity contribution in [1.82, 2.24) is 10.6 Å². The minimum Gasteiger partial charge on any atom is -0.386 e. The Morgan fingerprint density at radius 3 is 2.81 bits per heavy atom. The monoisotopic (exact) mass is 503 g/mol. The van der Waals surface area contributed by atoms with E-state index in [1.165, 1.54) is 35.8 Å². The zero-order chi connectivity index (χ0) is 18.2. The lowest BCUT2D eigenvalue weighted by Crippen LogP contribution is -2.40. The van der Waals surface area contributed by atoms with Crippen molar-refractivity contribution in [3.63, 3.8) is 0 Å². The third-order valence-corrected chi connectivity index (χ3v) is 5.95. The molecule has 7 heteroatoms. The van der Waals surface area contributed by atoms with Crippen LogP contribution in [0.4, 0.5) is 0 Å². The molecule has 0 aliphatic heterocycles. The molecule has 0 radical (unpaired) electrons. The topological polar surface area (TPSA) is 65.9 Å². The van der Waals surface area contributed by atoms with Crippen LogP contribution in [-0.2, 0) is 4.74 Å². The average molecular weight is 503 g/mol. The summed E-state index contributed by atoms with van der Waals surface area (Å²) >= 11 is 1.63. The number of benzene rings is 1. The van der Waals surface area contributed by atoms with Gasteiger partial charge in [-0.1, -0.05) is 31.0 Å². The Hall–Kier alpha value is -0.900. The van der Waals surface area contributed by atoms with Crippen molar-refractivity contribution in [2.24, 2.45) is 4.99 Å². The molecule has 150 valence electrons. The molecule has 1 saturated carbocycles. The van der Waals surface area contributed by atoms with Crippen LogP contribution in [0, 0.1) is 0 Å². The van der Waals surface area contributed by atoms with Crippen molar-refractivity contribution in [2.45, 2.75) is 44.3 Å². The quantitative estimate of drug-likeness (QED) is 0.220. The lowest BCUT2D eigenvalue weighted by Gasteiger charge is -2.15. The normalized spacial score (nSPS) is 16.3. The number of aliphatic hydroxyl groups excluding tert-OH is 1. The molecule has 0 saturated heterocycles. The highest BCUT2D eigenvalue weighted by atomic mass is 127. The molecular weight excluding hydrogens is 473 g/mol. The number of nitrogens with one attached hydrogen (secondary N) is 2. The fourth-order valence-corrected chi connectivity index (χ4v) is 4.32. The number of hydrogen-bond acceptors (Lipinski definition) is 4. The highest BCUT2D eigenvalue weighted by Gasteiger charge is 2.15. The second-order valence-electron chi connectivity index (χ2n) is 6.71. The molecule has 5 nitrogen and oxygen atoms in total. The summed E-state index contributed by atoms with van der Waals surface area (Å²) in [7, 11) is 1.75. The molecule has 1 heterocycles. The first-order chi connectivity index (χ1) is 12.8. The molecule has 0 bridgehead atoms. The Kier molecular flexibility index (Phi) is 9.81. The molecular formula is C20H30IN3O2S. The Bertz CT molecular complexity index is 683. The van der Waals surface area contributed by atoms with Gasteiger partial charge >= 0.3 is 0 Å². The molecule has 27 heavy (non-hydrogen) atoms.